The Morgan fingerprint density at radius 3 is 2.48 bits per heavy atom. The van der Waals surface area contributed by atoms with Crippen LogP contribution >= 0.6 is 0 Å². The van der Waals surface area contributed by atoms with Crippen molar-refractivity contribution in [3.63, 3.8) is 0 Å². The summed E-state index contributed by atoms with van der Waals surface area (Å²) in [6.45, 7) is 11.8. The molecule has 0 bridgehead atoms. The number of hydrogen-bond donors (Lipinski definition) is 1. The summed E-state index contributed by atoms with van der Waals surface area (Å²) in [7, 11) is 0. The molecule has 1 aromatic carbocycles. The van der Waals surface area contributed by atoms with Gasteiger partial charge in [0, 0.05) is 24.7 Å². The number of hydrogen-bond acceptors (Lipinski definition) is 2. The lowest BCUT2D eigenvalue weighted by atomic mass is 9.98. The summed E-state index contributed by atoms with van der Waals surface area (Å²) in [5.74, 6) is 0. The summed E-state index contributed by atoms with van der Waals surface area (Å²) >= 11 is 0. The van der Waals surface area contributed by atoms with Crippen LogP contribution in [-0.2, 0) is 6.42 Å². The van der Waals surface area contributed by atoms with Gasteiger partial charge in [0.25, 0.3) is 0 Å². The van der Waals surface area contributed by atoms with Crippen LogP contribution in [-0.4, -0.2) is 16.3 Å². The molecule has 0 spiro atoms. The Kier molecular flexibility index (Phi) is 5.18. The number of aryl methyl sites for hydroxylation is 2. The molecule has 2 rings (SSSR count). The number of benzene rings is 1. The molecule has 1 heterocycles. The van der Waals surface area contributed by atoms with E-state index in [4.69, 9.17) is 0 Å². The summed E-state index contributed by atoms with van der Waals surface area (Å²) in [6, 6.07) is 9.60. The fourth-order valence-corrected chi connectivity index (χ4v) is 2.52. The molecule has 3 heteroatoms. The van der Waals surface area contributed by atoms with Gasteiger partial charge in [0.2, 0.25) is 0 Å². The zero-order chi connectivity index (χ0) is 15.4. The van der Waals surface area contributed by atoms with Crippen molar-refractivity contribution in [1.82, 2.24) is 15.1 Å². The van der Waals surface area contributed by atoms with E-state index in [0.717, 1.165) is 18.7 Å². The van der Waals surface area contributed by atoms with Gasteiger partial charge in [-0.3, -0.25) is 4.68 Å². The predicted octanol–water partition coefficient (Wildman–Crippen LogP) is 3.97. The van der Waals surface area contributed by atoms with Crippen LogP contribution in [0.25, 0.3) is 0 Å². The quantitative estimate of drug-likeness (QED) is 0.870. The van der Waals surface area contributed by atoms with Gasteiger partial charge in [-0.25, -0.2) is 0 Å². The summed E-state index contributed by atoms with van der Waals surface area (Å²) in [6.07, 6.45) is 3.00. The molecule has 0 radical (unpaired) electrons. The lowest BCUT2D eigenvalue weighted by Crippen LogP contribution is -2.23. The fraction of sp³-hybridized carbons (Fsp3) is 0.500. The van der Waals surface area contributed by atoms with Crippen LogP contribution < -0.4 is 5.32 Å². The van der Waals surface area contributed by atoms with E-state index in [2.05, 4.69) is 75.5 Å². The minimum Gasteiger partial charge on any atom is -0.310 e. The van der Waals surface area contributed by atoms with E-state index in [1.807, 2.05) is 4.68 Å². The zero-order valence-corrected chi connectivity index (χ0v) is 13.9. The first-order valence-electron chi connectivity index (χ1n) is 7.85. The third kappa shape index (κ3) is 3.94. The Hall–Kier alpha value is -1.61. The highest BCUT2D eigenvalue weighted by Crippen LogP contribution is 2.21. The van der Waals surface area contributed by atoms with E-state index in [9.17, 15) is 0 Å². The van der Waals surface area contributed by atoms with Crippen LogP contribution in [0.15, 0.2) is 30.5 Å². The van der Waals surface area contributed by atoms with Crippen LogP contribution in [0.2, 0.25) is 0 Å². The second kappa shape index (κ2) is 6.90. The lowest BCUT2D eigenvalue weighted by Gasteiger charge is -2.18. The van der Waals surface area contributed by atoms with Gasteiger partial charge in [0.15, 0.2) is 0 Å². The molecule has 2 aromatic rings. The molecule has 0 saturated carbocycles. The minimum atomic E-state index is 0.324. The fourth-order valence-electron chi connectivity index (χ4n) is 2.52. The van der Waals surface area contributed by atoms with Crippen molar-refractivity contribution in [2.45, 2.75) is 53.1 Å². The molecule has 3 nitrogen and oxygen atoms in total. The second-order valence-electron chi connectivity index (χ2n) is 6.04. The Morgan fingerprint density at radius 1 is 1.14 bits per heavy atom. The highest BCUT2D eigenvalue weighted by molar-refractivity contribution is 5.32. The molecule has 1 aromatic heterocycles. The van der Waals surface area contributed by atoms with E-state index >= 15 is 0 Å². The third-order valence-corrected chi connectivity index (χ3v) is 3.99. The molecule has 21 heavy (non-hydrogen) atoms. The zero-order valence-electron chi connectivity index (χ0n) is 13.9. The van der Waals surface area contributed by atoms with Crippen molar-refractivity contribution in [2.75, 3.05) is 6.54 Å². The monoisotopic (exact) mass is 285 g/mol. The first kappa shape index (κ1) is 15.8. The smallest absolute Gasteiger partial charge is 0.0643 e. The second-order valence-corrected chi connectivity index (χ2v) is 6.04. The van der Waals surface area contributed by atoms with Crippen molar-refractivity contribution in [3.05, 3.63) is 52.8 Å². The van der Waals surface area contributed by atoms with E-state index in [-0.39, 0.29) is 0 Å². The summed E-state index contributed by atoms with van der Waals surface area (Å²) in [4.78, 5) is 0. The van der Waals surface area contributed by atoms with Crippen LogP contribution in [0.3, 0.4) is 0 Å². The van der Waals surface area contributed by atoms with Crippen LogP contribution in [0.4, 0.5) is 0 Å². The summed E-state index contributed by atoms with van der Waals surface area (Å²) in [5, 5.41) is 8.26. The minimum absolute atomic E-state index is 0.324. The topological polar surface area (TPSA) is 29.9 Å². The van der Waals surface area contributed by atoms with Gasteiger partial charge in [-0.15, -0.1) is 0 Å². The van der Waals surface area contributed by atoms with E-state index < -0.39 is 0 Å². The first-order valence-corrected chi connectivity index (χ1v) is 7.85. The van der Waals surface area contributed by atoms with Gasteiger partial charge < -0.3 is 5.32 Å². The largest absolute Gasteiger partial charge is 0.310 e. The standard InChI is InChI=1S/C18H27N3/c1-6-19-18(16-8-7-14(4)15(5)11-16)12-17-9-10-21(20-17)13(2)3/h7-11,13,18-19H,6,12H2,1-5H3. The van der Waals surface area contributed by atoms with Crippen molar-refractivity contribution < 1.29 is 0 Å². The van der Waals surface area contributed by atoms with E-state index in [0.29, 0.717) is 12.1 Å². The van der Waals surface area contributed by atoms with Gasteiger partial charge in [0.1, 0.15) is 0 Å². The predicted molar refractivity (Wildman–Crippen MR) is 88.6 cm³/mol. The Balaban J connectivity index is 2.19. The number of nitrogens with one attached hydrogen (secondary N) is 1. The Morgan fingerprint density at radius 2 is 1.90 bits per heavy atom. The van der Waals surface area contributed by atoms with Crippen LogP contribution in [0, 0.1) is 13.8 Å². The molecule has 0 aliphatic carbocycles. The highest BCUT2D eigenvalue weighted by atomic mass is 15.3. The maximum Gasteiger partial charge on any atom is 0.0643 e. The molecule has 0 amide bonds. The molecule has 1 atom stereocenters. The number of rotatable bonds is 6. The average molecular weight is 285 g/mol. The summed E-state index contributed by atoms with van der Waals surface area (Å²) < 4.78 is 2.03. The Bertz CT molecular complexity index is 584. The van der Waals surface area contributed by atoms with Gasteiger partial charge >= 0.3 is 0 Å². The van der Waals surface area contributed by atoms with Crippen molar-refractivity contribution in [2.24, 2.45) is 0 Å². The lowest BCUT2D eigenvalue weighted by molar-refractivity contribution is 0.506. The molecular weight excluding hydrogens is 258 g/mol. The van der Waals surface area contributed by atoms with Crippen LogP contribution in [0.1, 0.15) is 55.2 Å². The van der Waals surface area contributed by atoms with E-state index in [1.165, 1.54) is 16.7 Å². The molecule has 0 aliphatic heterocycles. The van der Waals surface area contributed by atoms with Gasteiger partial charge in [0.05, 0.1) is 5.69 Å². The SMILES string of the molecule is CCNC(Cc1ccn(C(C)C)n1)c1ccc(C)c(C)c1. The molecule has 0 saturated heterocycles. The highest BCUT2D eigenvalue weighted by Gasteiger charge is 2.14. The first-order chi connectivity index (χ1) is 10.0. The van der Waals surface area contributed by atoms with Gasteiger partial charge in [-0.2, -0.15) is 5.10 Å². The van der Waals surface area contributed by atoms with Crippen molar-refractivity contribution >= 4 is 0 Å². The number of nitrogens with zero attached hydrogens (tertiary/aromatic N) is 2. The maximum atomic E-state index is 4.67. The normalized spacial score (nSPS) is 12.9. The average Bonchev–Trinajstić information content (AvgIpc) is 2.90. The van der Waals surface area contributed by atoms with E-state index in [1.54, 1.807) is 0 Å². The Labute approximate surface area is 128 Å². The maximum absolute atomic E-state index is 4.67. The molecular formula is C18H27N3. The van der Waals surface area contributed by atoms with Crippen molar-refractivity contribution in [1.29, 1.82) is 0 Å². The molecule has 1 N–H and O–H groups in total. The third-order valence-electron chi connectivity index (χ3n) is 3.99. The van der Waals surface area contributed by atoms with Crippen molar-refractivity contribution in [3.8, 4) is 0 Å². The van der Waals surface area contributed by atoms with Gasteiger partial charge in [-0.1, -0.05) is 25.1 Å². The van der Waals surface area contributed by atoms with Gasteiger partial charge in [-0.05, 0) is 57.0 Å². The molecule has 0 aliphatic rings. The number of aromatic nitrogens is 2. The number of likely N-dealkylation sites (N-methyl/N-ethyl adjacent to an activating group) is 1. The molecule has 114 valence electrons. The summed E-state index contributed by atoms with van der Waals surface area (Å²) in [5.41, 5.74) is 5.19. The van der Waals surface area contributed by atoms with Crippen LogP contribution in [0.5, 0.6) is 0 Å². The molecule has 1 unspecified atom stereocenters. The molecule has 0 fully saturated rings.